The molecular formula is C10H15N3S. The number of rotatable bonds is 4. The number of nitrogens with zero attached hydrogens (tertiary/aromatic N) is 1. The Morgan fingerprint density at radius 3 is 2.86 bits per heavy atom. The maximum absolute atomic E-state index is 8.70. The van der Waals surface area contributed by atoms with Crippen LogP contribution in [0, 0.1) is 17.2 Å². The van der Waals surface area contributed by atoms with Crippen molar-refractivity contribution in [2.24, 2.45) is 5.92 Å². The SMILES string of the molecule is CC(C)CCNc1cc(N)c(C#N)s1. The fraction of sp³-hybridized carbons (Fsp3) is 0.500. The molecule has 0 atom stereocenters. The second-order valence-electron chi connectivity index (χ2n) is 3.62. The first-order chi connectivity index (χ1) is 6.63. The van der Waals surface area contributed by atoms with Crippen LogP contribution >= 0.6 is 11.3 Å². The van der Waals surface area contributed by atoms with Crippen molar-refractivity contribution < 1.29 is 0 Å². The molecule has 0 aromatic carbocycles. The minimum Gasteiger partial charge on any atom is -0.397 e. The molecule has 0 radical (unpaired) electrons. The van der Waals surface area contributed by atoms with E-state index in [2.05, 4.69) is 25.2 Å². The van der Waals surface area contributed by atoms with Crippen LogP contribution in [-0.4, -0.2) is 6.54 Å². The Hall–Kier alpha value is -1.21. The molecule has 0 aliphatic heterocycles. The van der Waals surface area contributed by atoms with E-state index in [1.54, 1.807) is 0 Å². The van der Waals surface area contributed by atoms with Crippen LogP contribution in [0.2, 0.25) is 0 Å². The number of nitrogen functional groups attached to an aromatic ring is 1. The van der Waals surface area contributed by atoms with Crippen LogP contribution in [0.3, 0.4) is 0 Å². The van der Waals surface area contributed by atoms with Gasteiger partial charge >= 0.3 is 0 Å². The molecule has 1 aromatic rings. The molecule has 3 nitrogen and oxygen atoms in total. The molecule has 0 aliphatic rings. The van der Waals surface area contributed by atoms with Crippen LogP contribution in [0.25, 0.3) is 0 Å². The molecular weight excluding hydrogens is 194 g/mol. The Morgan fingerprint density at radius 2 is 2.36 bits per heavy atom. The Bertz CT molecular complexity index is 336. The van der Waals surface area contributed by atoms with Crippen molar-refractivity contribution >= 4 is 22.0 Å². The summed E-state index contributed by atoms with van der Waals surface area (Å²) in [5, 5.41) is 12.9. The lowest BCUT2D eigenvalue weighted by Crippen LogP contribution is -2.03. The molecule has 0 fully saturated rings. The summed E-state index contributed by atoms with van der Waals surface area (Å²) in [5.74, 6) is 0.690. The molecule has 1 rings (SSSR count). The second kappa shape index (κ2) is 4.87. The van der Waals surface area contributed by atoms with Gasteiger partial charge in [-0.2, -0.15) is 5.26 Å². The lowest BCUT2D eigenvalue weighted by molar-refractivity contribution is 0.607. The smallest absolute Gasteiger partial charge is 0.129 e. The van der Waals surface area contributed by atoms with Gasteiger partial charge in [-0.1, -0.05) is 13.8 Å². The van der Waals surface area contributed by atoms with Gasteiger partial charge in [0.1, 0.15) is 10.9 Å². The lowest BCUT2D eigenvalue weighted by Gasteiger charge is -2.05. The summed E-state index contributed by atoms with van der Waals surface area (Å²) in [4.78, 5) is 0.594. The highest BCUT2D eigenvalue weighted by atomic mass is 32.1. The maximum Gasteiger partial charge on any atom is 0.129 e. The molecule has 0 unspecified atom stereocenters. The van der Waals surface area contributed by atoms with E-state index in [9.17, 15) is 0 Å². The van der Waals surface area contributed by atoms with Gasteiger partial charge in [-0.05, 0) is 18.4 Å². The van der Waals surface area contributed by atoms with Crippen LogP contribution in [0.4, 0.5) is 10.7 Å². The van der Waals surface area contributed by atoms with Crippen LogP contribution in [-0.2, 0) is 0 Å². The number of nitriles is 1. The minimum atomic E-state index is 0.574. The van der Waals surface area contributed by atoms with Crippen molar-refractivity contribution in [1.82, 2.24) is 0 Å². The van der Waals surface area contributed by atoms with E-state index in [4.69, 9.17) is 11.0 Å². The van der Waals surface area contributed by atoms with Crippen molar-refractivity contribution in [3.05, 3.63) is 10.9 Å². The van der Waals surface area contributed by atoms with Crippen LogP contribution < -0.4 is 11.1 Å². The lowest BCUT2D eigenvalue weighted by atomic mass is 10.1. The quantitative estimate of drug-likeness (QED) is 0.801. The van der Waals surface area contributed by atoms with E-state index >= 15 is 0 Å². The van der Waals surface area contributed by atoms with Crippen molar-refractivity contribution in [3.8, 4) is 6.07 Å². The Labute approximate surface area is 88.5 Å². The summed E-state index contributed by atoms with van der Waals surface area (Å²) in [7, 11) is 0. The number of anilines is 2. The van der Waals surface area contributed by atoms with Gasteiger partial charge in [-0.3, -0.25) is 0 Å². The van der Waals surface area contributed by atoms with Gasteiger partial charge in [0, 0.05) is 6.54 Å². The summed E-state index contributed by atoms with van der Waals surface area (Å²) in [6, 6.07) is 3.89. The van der Waals surface area contributed by atoms with Crippen molar-refractivity contribution in [2.45, 2.75) is 20.3 Å². The average molecular weight is 209 g/mol. The fourth-order valence-corrected chi connectivity index (χ4v) is 1.87. The topological polar surface area (TPSA) is 61.8 Å². The third kappa shape index (κ3) is 2.93. The van der Waals surface area contributed by atoms with Crippen molar-refractivity contribution in [2.75, 3.05) is 17.6 Å². The summed E-state index contributed by atoms with van der Waals surface area (Å²) < 4.78 is 0. The van der Waals surface area contributed by atoms with Gasteiger partial charge in [-0.15, -0.1) is 11.3 Å². The van der Waals surface area contributed by atoms with Gasteiger partial charge < -0.3 is 11.1 Å². The molecule has 0 spiro atoms. The third-order valence-corrected chi connectivity index (χ3v) is 2.90. The zero-order valence-corrected chi connectivity index (χ0v) is 9.32. The molecule has 0 amide bonds. The molecule has 0 bridgehead atoms. The van der Waals surface area contributed by atoms with Crippen molar-refractivity contribution in [3.63, 3.8) is 0 Å². The number of thiophene rings is 1. The first kappa shape index (κ1) is 10.9. The zero-order valence-electron chi connectivity index (χ0n) is 8.50. The van der Waals surface area contributed by atoms with E-state index in [-0.39, 0.29) is 0 Å². The molecule has 14 heavy (non-hydrogen) atoms. The van der Waals surface area contributed by atoms with Gasteiger partial charge in [0.2, 0.25) is 0 Å². The Morgan fingerprint density at radius 1 is 1.64 bits per heavy atom. The van der Waals surface area contributed by atoms with E-state index in [1.165, 1.54) is 11.3 Å². The summed E-state index contributed by atoms with van der Waals surface area (Å²) in [6.45, 7) is 5.30. The minimum absolute atomic E-state index is 0.574. The van der Waals surface area contributed by atoms with E-state index in [0.29, 0.717) is 16.5 Å². The molecule has 0 aliphatic carbocycles. The number of hydrogen-bond acceptors (Lipinski definition) is 4. The normalized spacial score (nSPS) is 10.1. The van der Waals surface area contributed by atoms with Crippen LogP contribution in [0.1, 0.15) is 25.1 Å². The molecule has 0 saturated heterocycles. The predicted molar refractivity (Wildman–Crippen MR) is 61.4 cm³/mol. The van der Waals surface area contributed by atoms with Gasteiger partial charge in [0.05, 0.1) is 10.7 Å². The number of nitrogens with one attached hydrogen (secondary N) is 1. The first-order valence-electron chi connectivity index (χ1n) is 4.66. The highest BCUT2D eigenvalue weighted by Crippen LogP contribution is 2.28. The summed E-state index contributed by atoms with van der Waals surface area (Å²) in [5.41, 5.74) is 6.20. The number of nitrogens with two attached hydrogens (primary N) is 1. The number of hydrogen-bond donors (Lipinski definition) is 2. The van der Waals surface area contributed by atoms with Crippen molar-refractivity contribution in [1.29, 1.82) is 5.26 Å². The Balaban J connectivity index is 2.48. The first-order valence-corrected chi connectivity index (χ1v) is 5.48. The molecule has 1 heterocycles. The van der Waals surface area contributed by atoms with Gasteiger partial charge in [0.25, 0.3) is 0 Å². The highest BCUT2D eigenvalue weighted by Gasteiger charge is 2.04. The summed E-state index contributed by atoms with van der Waals surface area (Å²) >= 11 is 1.41. The third-order valence-electron chi connectivity index (χ3n) is 1.88. The molecule has 1 aromatic heterocycles. The molecule has 3 N–H and O–H groups in total. The molecule has 0 saturated carbocycles. The zero-order chi connectivity index (χ0) is 10.6. The van der Waals surface area contributed by atoms with Crippen LogP contribution in [0.5, 0.6) is 0 Å². The van der Waals surface area contributed by atoms with E-state index in [0.717, 1.165) is 18.0 Å². The highest BCUT2D eigenvalue weighted by molar-refractivity contribution is 7.17. The Kier molecular flexibility index (Phi) is 3.78. The fourth-order valence-electron chi connectivity index (χ4n) is 1.06. The van der Waals surface area contributed by atoms with Crippen LogP contribution in [0.15, 0.2) is 6.07 Å². The van der Waals surface area contributed by atoms with E-state index < -0.39 is 0 Å². The molecule has 4 heteroatoms. The summed E-state index contributed by atoms with van der Waals surface area (Å²) in [6.07, 6.45) is 1.12. The molecule has 76 valence electrons. The largest absolute Gasteiger partial charge is 0.397 e. The van der Waals surface area contributed by atoms with Gasteiger partial charge in [-0.25, -0.2) is 0 Å². The second-order valence-corrected chi connectivity index (χ2v) is 4.67. The average Bonchev–Trinajstić information content (AvgIpc) is 2.45. The van der Waals surface area contributed by atoms with E-state index in [1.807, 2.05) is 6.07 Å². The standard InChI is InChI=1S/C10H15N3S/c1-7(2)3-4-13-10-5-8(12)9(6-11)14-10/h5,7,13H,3-4,12H2,1-2H3. The predicted octanol–water partition coefficient (Wildman–Crippen LogP) is 2.66. The van der Waals surface area contributed by atoms with Gasteiger partial charge in [0.15, 0.2) is 0 Å². The monoisotopic (exact) mass is 209 g/mol. The maximum atomic E-state index is 8.70.